The SMILES string of the molecule is CC(C)C(C(=O)N1CCC(N2CCCC2)CC1)n1cc(-c2ccc(S([NH3+])(=O)=O)cc2)nn1. The van der Waals surface area contributed by atoms with Crippen LogP contribution in [0.15, 0.2) is 35.4 Å². The van der Waals surface area contributed by atoms with Crippen molar-refractivity contribution >= 4 is 15.9 Å². The van der Waals surface area contributed by atoms with E-state index in [1.165, 1.54) is 38.1 Å². The number of quaternary nitrogens is 1. The third-order valence-electron chi connectivity index (χ3n) is 6.62. The van der Waals surface area contributed by atoms with Gasteiger partial charge in [-0.05, 0) is 56.8 Å². The summed E-state index contributed by atoms with van der Waals surface area (Å²) in [5.41, 5.74) is 1.34. The largest absolute Gasteiger partial charge is 0.341 e. The molecule has 10 heteroatoms. The monoisotopic (exact) mass is 461 g/mol. The minimum atomic E-state index is -3.50. The molecule has 3 N–H and O–H groups in total. The molecule has 0 spiro atoms. The van der Waals surface area contributed by atoms with Crippen molar-refractivity contribution < 1.29 is 18.4 Å². The van der Waals surface area contributed by atoms with Crippen LogP contribution < -0.4 is 5.14 Å². The second-order valence-corrected chi connectivity index (χ2v) is 10.9. The van der Waals surface area contributed by atoms with E-state index in [2.05, 4.69) is 20.4 Å². The number of sulfonamides is 1. The fourth-order valence-electron chi connectivity index (χ4n) is 4.83. The molecular weight excluding hydrogens is 428 g/mol. The molecule has 1 unspecified atom stereocenters. The van der Waals surface area contributed by atoms with E-state index in [9.17, 15) is 13.2 Å². The molecule has 174 valence electrons. The van der Waals surface area contributed by atoms with Gasteiger partial charge in [0.25, 0.3) is 0 Å². The molecule has 0 aliphatic carbocycles. The van der Waals surface area contributed by atoms with E-state index in [0.29, 0.717) is 11.7 Å². The topological polar surface area (TPSA) is 116 Å². The average molecular weight is 462 g/mol. The molecule has 2 fully saturated rings. The molecular formula is C22H33N6O3S+. The van der Waals surface area contributed by atoms with Crippen molar-refractivity contribution in [2.45, 2.75) is 56.5 Å². The first-order chi connectivity index (χ1) is 15.2. The van der Waals surface area contributed by atoms with Gasteiger partial charge >= 0.3 is 10.0 Å². The van der Waals surface area contributed by atoms with Crippen molar-refractivity contribution in [2.24, 2.45) is 5.92 Å². The highest BCUT2D eigenvalue weighted by molar-refractivity contribution is 7.84. The highest BCUT2D eigenvalue weighted by atomic mass is 32.2. The number of hydrogen-bond acceptors (Lipinski definition) is 6. The fraction of sp³-hybridized carbons (Fsp3) is 0.591. The second-order valence-electron chi connectivity index (χ2n) is 9.21. The van der Waals surface area contributed by atoms with Crippen LogP contribution in [0, 0.1) is 5.92 Å². The molecule has 1 aromatic heterocycles. The molecule has 3 heterocycles. The predicted octanol–water partition coefficient (Wildman–Crippen LogP) is 1.16. The second kappa shape index (κ2) is 9.29. The van der Waals surface area contributed by atoms with Gasteiger partial charge in [-0.2, -0.15) is 8.42 Å². The van der Waals surface area contributed by atoms with Crippen molar-refractivity contribution in [2.75, 3.05) is 26.2 Å². The Morgan fingerprint density at radius 2 is 1.69 bits per heavy atom. The molecule has 32 heavy (non-hydrogen) atoms. The van der Waals surface area contributed by atoms with Crippen molar-refractivity contribution in [1.82, 2.24) is 24.8 Å². The summed E-state index contributed by atoms with van der Waals surface area (Å²) in [6, 6.07) is 6.56. The highest BCUT2D eigenvalue weighted by Crippen LogP contribution is 2.27. The smallest absolute Gasteiger partial charge is 0.322 e. The number of nitrogens with zero attached hydrogens (tertiary/aromatic N) is 5. The first-order valence-electron chi connectivity index (χ1n) is 11.4. The number of amides is 1. The van der Waals surface area contributed by atoms with Gasteiger partial charge < -0.3 is 9.80 Å². The van der Waals surface area contributed by atoms with E-state index in [1.807, 2.05) is 18.7 Å². The number of benzene rings is 1. The van der Waals surface area contributed by atoms with E-state index in [4.69, 9.17) is 0 Å². The Kier molecular flexibility index (Phi) is 6.64. The molecule has 2 aliphatic rings. The zero-order valence-corrected chi connectivity index (χ0v) is 19.7. The van der Waals surface area contributed by atoms with Gasteiger partial charge in [0, 0.05) is 24.7 Å². The third-order valence-corrected chi connectivity index (χ3v) is 7.61. The van der Waals surface area contributed by atoms with Crippen LogP contribution in [0.2, 0.25) is 0 Å². The zero-order valence-electron chi connectivity index (χ0n) is 18.9. The minimum absolute atomic E-state index is 0.0621. The van der Waals surface area contributed by atoms with Crippen LogP contribution in [-0.2, 0) is 14.8 Å². The van der Waals surface area contributed by atoms with Crippen molar-refractivity contribution in [3.8, 4) is 11.3 Å². The molecule has 2 aliphatic heterocycles. The highest BCUT2D eigenvalue weighted by Gasteiger charge is 2.34. The van der Waals surface area contributed by atoms with E-state index in [0.717, 1.165) is 31.5 Å². The number of aromatic nitrogens is 3. The van der Waals surface area contributed by atoms with E-state index < -0.39 is 16.1 Å². The van der Waals surface area contributed by atoms with Crippen LogP contribution in [0.4, 0.5) is 0 Å². The van der Waals surface area contributed by atoms with Crippen molar-refractivity contribution in [3.63, 3.8) is 0 Å². The van der Waals surface area contributed by atoms with Crippen LogP contribution in [0.3, 0.4) is 0 Å². The molecule has 1 atom stereocenters. The summed E-state index contributed by atoms with van der Waals surface area (Å²) in [4.78, 5) is 18.1. The average Bonchev–Trinajstić information content (AvgIpc) is 3.46. The van der Waals surface area contributed by atoms with Gasteiger partial charge in [-0.1, -0.05) is 31.2 Å². The standard InChI is InChI=1S/C22H32N6O3S/c1-16(2)21(22(29)27-13-9-18(10-14-27)26-11-3-4-12-26)28-15-20(24-25-28)17-5-7-19(8-6-17)32(23,30)31/h5-8,15-16,18,21H,3-4,9-14H2,1-2H3,(H2,23,30,31)/p+1. The third kappa shape index (κ3) is 4.87. The number of hydrogen-bond donors (Lipinski definition) is 1. The molecule has 1 amide bonds. The maximum atomic E-state index is 13.4. The van der Waals surface area contributed by atoms with Crippen LogP contribution in [0.1, 0.15) is 45.6 Å². The summed E-state index contributed by atoms with van der Waals surface area (Å²) in [6.45, 7) is 7.99. The van der Waals surface area contributed by atoms with Gasteiger partial charge in [0.2, 0.25) is 5.91 Å². The Bertz CT molecular complexity index is 1040. The Labute approximate surface area is 189 Å². The number of likely N-dealkylation sites (tertiary alicyclic amines) is 2. The van der Waals surface area contributed by atoms with Crippen LogP contribution in [-0.4, -0.2) is 71.3 Å². The quantitative estimate of drug-likeness (QED) is 0.690. The maximum absolute atomic E-state index is 13.4. The minimum Gasteiger partial charge on any atom is -0.341 e. The molecule has 0 bridgehead atoms. The summed E-state index contributed by atoms with van der Waals surface area (Å²) < 4.78 is 24.8. The summed E-state index contributed by atoms with van der Waals surface area (Å²) in [5, 5.41) is 11.7. The fourth-order valence-corrected chi connectivity index (χ4v) is 5.38. The molecule has 0 radical (unpaired) electrons. The summed E-state index contributed by atoms with van der Waals surface area (Å²) in [6.07, 6.45) is 6.41. The number of carbonyl (C=O) groups excluding carboxylic acids is 1. The lowest BCUT2D eigenvalue weighted by Crippen LogP contribution is -2.56. The molecule has 0 saturated carbocycles. The Hall–Kier alpha value is -2.30. The van der Waals surface area contributed by atoms with Gasteiger partial charge in [0.05, 0.1) is 6.20 Å². The Balaban J connectivity index is 1.46. The first-order valence-corrected chi connectivity index (χ1v) is 13.0. The van der Waals surface area contributed by atoms with Crippen LogP contribution in [0.5, 0.6) is 0 Å². The number of carbonyl (C=O) groups is 1. The maximum Gasteiger partial charge on any atom is 0.322 e. The van der Waals surface area contributed by atoms with Gasteiger partial charge in [-0.3, -0.25) is 4.79 Å². The zero-order chi connectivity index (χ0) is 22.9. The molecule has 1 aromatic carbocycles. The number of rotatable bonds is 6. The van der Waals surface area contributed by atoms with Crippen LogP contribution >= 0.6 is 0 Å². The first kappa shape index (κ1) is 22.9. The summed E-state index contributed by atoms with van der Waals surface area (Å²) in [7, 11) is -3.50. The van der Waals surface area contributed by atoms with Crippen molar-refractivity contribution in [1.29, 1.82) is 0 Å². The van der Waals surface area contributed by atoms with Gasteiger partial charge in [-0.15, -0.1) is 5.10 Å². The number of piperidine rings is 1. The predicted molar refractivity (Wildman–Crippen MR) is 120 cm³/mol. The summed E-state index contributed by atoms with van der Waals surface area (Å²) >= 11 is 0. The molecule has 2 saturated heterocycles. The lowest BCUT2D eigenvalue weighted by Gasteiger charge is -2.38. The normalized spacial score (nSPS) is 19.6. The van der Waals surface area contributed by atoms with Gasteiger partial charge in [0.15, 0.2) is 0 Å². The van der Waals surface area contributed by atoms with Crippen molar-refractivity contribution in [3.05, 3.63) is 30.5 Å². The van der Waals surface area contributed by atoms with E-state index >= 15 is 0 Å². The lowest BCUT2D eigenvalue weighted by molar-refractivity contribution is -0.165. The molecule has 4 rings (SSSR count). The van der Waals surface area contributed by atoms with Gasteiger partial charge in [-0.25, -0.2) is 9.82 Å². The molecule has 2 aromatic rings. The van der Waals surface area contributed by atoms with Gasteiger partial charge in [0.1, 0.15) is 16.6 Å². The van der Waals surface area contributed by atoms with Crippen LogP contribution in [0.25, 0.3) is 11.3 Å². The Morgan fingerprint density at radius 1 is 1.06 bits per heavy atom. The lowest BCUT2D eigenvalue weighted by atomic mass is 9.99. The van der Waals surface area contributed by atoms with E-state index in [-0.39, 0.29) is 16.7 Å². The Morgan fingerprint density at radius 3 is 2.25 bits per heavy atom. The summed E-state index contributed by atoms with van der Waals surface area (Å²) in [5.74, 6) is 0.155. The molecule has 9 nitrogen and oxygen atoms in total. The van der Waals surface area contributed by atoms with E-state index in [1.54, 1.807) is 23.0 Å².